The van der Waals surface area contributed by atoms with E-state index < -0.39 is 52.3 Å². The highest BCUT2D eigenvalue weighted by Gasteiger charge is 2.20. The molecule has 0 aliphatic carbocycles. The quantitative estimate of drug-likeness (QED) is 0.191. The fourth-order valence-electron chi connectivity index (χ4n) is 2.77. The molecule has 0 fully saturated rings. The van der Waals surface area contributed by atoms with Crippen molar-refractivity contribution in [2.45, 2.75) is 26.1 Å². The Morgan fingerprint density at radius 2 is 1.61 bits per heavy atom. The van der Waals surface area contributed by atoms with E-state index in [0.29, 0.717) is 0 Å². The van der Waals surface area contributed by atoms with Crippen molar-refractivity contribution in [1.82, 2.24) is 0 Å². The highest BCUT2D eigenvalue weighted by molar-refractivity contribution is 7.91. The first-order valence-corrected chi connectivity index (χ1v) is 11.7. The standard InChI is InChI=1S/C21H25NO10S/c1-14(16-4-5-18-13-19(28-3)7-6-17(18)12-16)20(23)29-8-10-33(26,27)11-9-30-21(24)31-15(2)32-22-25/h4-7,12-15H,8-11H2,1-3H3/t14-,15?/m0/s1. The van der Waals surface area contributed by atoms with E-state index in [4.69, 9.17) is 9.47 Å². The molecule has 0 heterocycles. The van der Waals surface area contributed by atoms with Crippen LogP contribution in [-0.2, 0) is 33.7 Å². The second kappa shape index (κ2) is 12.0. The van der Waals surface area contributed by atoms with E-state index in [1.807, 2.05) is 30.3 Å². The Kier molecular flexibility index (Phi) is 9.40. The van der Waals surface area contributed by atoms with E-state index in [2.05, 4.69) is 19.7 Å². The first-order chi connectivity index (χ1) is 15.6. The van der Waals surface area contributed by atoms with Gasteiger partial charge in [0.25, 0.3) is 6.29 Å². The van der Waals surface area contributed by atoms with Gasteiger partial charge >= 0.3 is 12.1 Å². The zero-order valence-electron chi connectivity index (χ0n) is 18.4. The monoisotopic (exact) mass is 483 g/mol. The highest BCUT2D eigenvalue weighted by atomic mass is 32.2. The molecular formula is C21H25NO10S. The summed E-state index contributed by atoms with van der Waals surface area (Å²) >= 11 is 0. The Balaban J connectivity index is 1.79. The molecule has 0 saturated carbocycles. The molecule has 0 bridgehead atoms. The first-order valence-electron chi connectivity index (χ1n) is 9.92. The van der Waals surface area contributed by atoms with Crippen molar-refractivity contribution in [2.75, 3.05) is 31.8 Å². The van der Waals surface area contributed by atoms with Crippen LogP contribution in [0.25, 0.3) is 10.8 Å². The molecule has 2 aromatic carbocycles. The van der Waals surface area contributed by atoms with Crippen molar-refractivity contribution in [3.05, 3.63) is 46.9 Å². The lowest BCUT2D eigenvalue weighted by Crippen LogP contribution is -2.24. The predicted molar refractivity (Wildman–Crippen MR) is 117 cm³/mol. The average Bonchev–Trinajstić information content (AvgIpc) is 2.77. The minimum Gasteiger partial charge on any atom is -0.497 e. The third kappa shape index (κ3) is 8.22. The molecule has 11 nitrogen and oxygen atoms in total. The summed E-state index contributed by atoms with van der Waals surface area (Å²) in [6.45, 7) is 2.08. The molecule has 33 heavy (non-hydrogen) atoms. The lowest BCUT2D eigenvalue weighted by molar-refractivity contribution is -0.144. The minimum absolute atomic E-state index is 0.337. The fraction of sp³-hybridized carbons (Fsp3) is 0.429. The zero-order valence-corrected chi connectivity index (χ0v) is 19.2. The molecule has 2 aromatic rings. The molecule has 0 saturated heterocycles. The summed E-state index contributed by atoms with van der Waals surface area (Å²) in [5.74, 6) is -1.36. The number of hydrogen-bond acceptors (Lipinski definition) is 11. The van der Waals surface area contributed by atoms with Gasteiger partial charge < -0.3 is 23.8 Å². The second-order valence-corrected chi connectivity index (χ2v) is 9.28. The number of esters is 1. The molecule has 0 N–H and O–H groups in total. The van der Waals surface area contributed by atoms with Gasteiger partial charge in [-0.05, 0) is 35.4 Å². The van der Waals surface area contributed by atoms with Crippen molar-refractivity contribution in [1.29, 1.82) is 0 Å². The molecule has 12 heteroatoms. The van der Waals surface area contributed by atoms with Crippen molar-refractivity contribution >= 4 is 32.7 Å². The number of carbonyl (C=O) groups excluding carboxylic acids is 2. The van der Waals surface area contributed by atoms with Gasteiger partial charge in [0, 0.05) is 6.92 Å². The van der Waals surface area contributed by atoms with E-state index in [1.54, 1.807) is 20.1 Å². The molecular weight excluding hydrogens is 458 g/mol. The topological polar surface area (TPSA) is 144 Å². The molecule has 2 atom stereocenters. The number of nitrogens with zero attached hydrogens (tertiary/aromatic N) is 1. The largest absolute Gasteiger partial charge is 0.511 e. The lowest BCUT2D eigenvalue weighted by Gasteiger charge is -2.13. The third-order valence-electron chi connectivity index (χ3n) is 4.63. The van der Waals surface area contributed by atoms with Crippen LogP contribution in [0.3, 0.4) is 0 Å². The summed E-state index contributed by atoms with van der Waals surface area (Å²) in [5, 5.41) is 3.97. The Bertz CT molecular complexity index is 1090. The van der Waals surface area contributed by atoms with Crippen molar-refractivity contribution in [3.63, 3.8) is 0 Å². The minimum atomic E-state index is -3.66. The Hall–Kier alpha value is -3.41. The van der Waals surface area contributed by atoms with Crippen molar-refractivity contribution in [3.8, 4) is 5.75 Å². The van der Waals surface area contributed by atoms with Gasteiger partial charge in [-0.15, -0.1) is 4.91 Å². The van der Waals surface area contributed by atoms with Gasteiger partial charge in [0.15, 0.2) is 15.2 Å². The van der Waals surface area contributed by atoms with Gasteiger partial charge in [0.1, 0.15) is 19.0 Å². The maximum absolute atomic E-state index is 12.4. The summed E-state index contributed by atoms with van der Waals surface area (Å²) in [4.78, 5) is 37.6. The maximum atomic E-state index is 12.4. The predicted octanol–water partition coefficient (Wildman–Crippen LogP) is 3.11. The second-order valence-electron chi connectivity index (χ2n) is 6.98. The maximum Gasteiger partial charge on any atom is 0.511 e. The number of fused-ring (bicyclic) bond motifs is 1. The third-order valence-corrected chi connectivity index (χ3v) is 6.21. The first kappa shape index (κ1) is 25.8. The Morgan fingerprint density at radius 1 is 0.970 bits per heavy atom. The van der Waals surface area contributed by atoms with Gasteiger partial charge in [-0.25, -0.2) is 13.2 Å². The molecule has 1 unspecified atom stereocenters. The zero-order chi connectivity index (χ0) is 24.4. The summed E-state index contributed by atoms with van der Waals surface area (Å²) < 4.78 is 43.5. The lowest BCUT2D eigenvalue weighted by atomic mass is 9.98. The van der Waals surface area contributed by atoms with Gasteiger partial charge in [-0.1, -0.05) is 24.3 Å². The summed E-state index contributed by atoms with van der Waals surface area (Å²) in [7, 11) is -2.08. The van der Waals surface area contributed by atoms with Crippen LogP contribution in [0.1, 0.15) is 25.3 Å². The van der Waals surface area contributed by atoms with E-state index in [9.17, 15) is 22.9 Å². The number of ether oxygens (including phenoxy) is 4. The summed E-state index contributed by atoms with van der Waals surface area (Å²) in [6, 6.07) is 11.1. The average molecular weight is 483 g/mol. The molecule has 0 aromatic heterocycles. The van der Waals surface area contributed by atoms with Gasteiger partial charge in [-0.2, -0.15) is 0 Å². The molecule has 0 aliphatic heterocycles. The van der Waals surface area contributed by atoms with E-state index >= 15 is 0 Å². The van der Waals surface area contributed by atoms with Crippen LogP contribution in [0.5, 0.6) is 5.75 Å². The molecule has 0 spiro atoms. The van der Waals surface area contributed by atoms with Crippen LogP contribution in [0.2, 0.25) is 0 Å². The van der Waals surface area contributed by atoms with Crippen LogP contribution in [0.15, 0.2) is 41.7 Å². The van der Waals surface area contributed by atoms with E-state index in [1.165, 1.54) is 6.92 Å². The SMILES string of the molecule is COc1ccc2cc([C@H](C)C(=O)OCCS(=O)(=O)CCOC(=O)OC(C)ON=O)ccc2c1. The Labute approximate surface area is 190 Å². The van der Waals surface area contributed by atoms with E-state index in [0.717, 1.165) is 22.1 Å². The number of methoxy groups -OCH3 is 1. The smallest absolute Gasteiger partial charge is 0.497 e. The summed E-state index contributed by atoms with van der Waals surface area (Å²) in [6.07, 6.45) is -2.48. The normalized spacial score (nSPS) is 12.9. The highest BCUT2D eigenvalue weighted by Crippen LogP contribution is 2.25. The molecule has 0 amide bonds. The number of sulfone groups is 1. The molecule has 0 aliphatic rings. The van der Waals surface area contributed by atoms with Crippen molar-refractivity contribution in [2.24, 2.45) is 5.34 Å². The molecule has 0 radical (unpaired) electrons. The van der Waals surface area contributed by atoms with Gasteiger partial charge in [-0.3, -0.25) is 4.79 Å². The van der Waals surface area contributed by atoms with Gasteiger partial charge in [0.05, 0.1) is 24.5 Å². The van der Waals surface area contributed by atoms with Crippen LogP contribution in [0, 0.1) is 4.91 Å². The fourth-order valence-corrected chi connectivity index (χ4v) is 3.65. The van der Waals surface area contributed by atoms with Crippen LogP contribution in [0.4, 0.5) is 4.79 Å². The molecule has 2 rings (SSSR count). The number of hydrogen-bond donors (Lipinski definition) is 0. The number of benzene rings is 2. The van der Waals surface area contributed by atoms with Crippen molar-refractivity contribution < 1.29 is 41.8 Å². The van der Waals surface area contributed by atoms with Crippen LogP contribution < -0.4 is 4.74 Å². The Morgan fingerprint density at radius 3 is 2.27 bits per heavy atom. The number of rotatable bonds is 12. The van der Waals surface area contributed by atoms with Crippen LogP contribution in [-0.4, -0.2) is 58.7 Å². The summed E-state index contributed by atoms with van der Waals surface area (Å²) in [5.41, 5.74) is 0.732. The van der Waals surface area contributed by atoms with Gasteiger partial charge in [0.2, 0.25) is 0 Å². The number of carbonyl (C=O) groups is 2. The molecule has 180 valence electrons. The van der Waals surface area contributed by atoms with E-state index in [-0.39, 0.29) is 6.61 Å². The van der Waals surface area contributed by atoms with Crippen LogP contribution >= 0.6 is 0 Å².